The highest BCUT2D eigenvalue weighted by Gasteiger charge is 2.05. The number of ether oxygens (including phenoxy) is 2. The molecule has 0 saturated carbocycles. The summed E-state index contributed by atoms with van der Waals surface area (Å²) in [6, 6.07) is 13.0. The van der Waals surface area contributed by atoms with Crippen molar-refractivity contribution in [1.29, 1.82) is 0 Å². The van der Waals surface area contributed by atoms with Crippen molar-refractivity contribution in [3.05, 3.63) is 58.6 Å². The molecule has 0 saturated heterocycles. The van der Waals surface area contributed by atoms with Crippen LogP contribution in [0.5, 0.6) is 11.5 Å². The van der Waals surface area contributed by atoms with Crippen LogP contribution in [0.4, 0.5) is 0 Å². The molecule has 0 aliphatic heterocycles. The number of hydrogen-bond acceptors (Lipinski definition) is 3. The van der Waals surface area contributed by atoms with Gasteiger partial charge in [-0.2, -0.15) is 0 Å². The minimum Gasteiger partial charge on any atom is -0.491 e. The average molecular weight is 348 g/mol. The third-order valence-corrected chi connectivity index (χ3v) is 3.68. The number of nitrogens with one attached hydrogen (secondary N) is 1. The predicted octanol–water partition coefficient (Wildman–Crippen LogP) is 4.13. The van der Waals surface area contributed by atoms with Crippen molar-refractivity contribution in [2.45, 2.75) is 33.4 Å². The second-order valence-electron chi connectivity index (χ2n) is 5.79. The minimum absolute atomic E-state index is 0.0384. The summed E-state index contributed by atoms with van der Waals surface area (Å²) in [7, 11) is 0. The molecular weight excluding hydrogens is 326 g/mol. The van der Waals surface area contributed by atoms with Gasteiger partial charge in [0.1, 0.15) is 11.5 Å². The fraction of sp³-hybridized carbons (Fsp3) is 0.316. The smallest absolute Gasteiger partial charge is 0.258 e. The van der Waals surface area contributed by atoms with Crippen LogP contribution in [-0.2, 0) is 11.3 Å². The molecule has 0 bridgehead atoms. The molecule has 0 spiro atoms. The summed E-state index contributed by atoms with van der Waals surface area (Å²) < 4.78 is 11.1. The third kappa shape index (κ3) is 5.78. The van der Waals surface area contributed by atoms with Crippen molar-refractivity contribution in [1.82, 2.24) is 5.32 Å². The van der Waals surface area contributed by atoms with Crippen molar-refractivity contribution < 1.29 is 14.3 Å². The number of rotatable bonds is 7. The summed E-state index contributed by atoms with van der Waals surface area (Å²) in [6.45, 7) is 6.23. The van der Waals surface area contributed by atoms with Gasteiger partial charge in [-0.25, -0.2) is 0 Å². The number of hydrogen-bond donors (Lipinski definition) is 1. The van der Waals surface area contributed by atoms with Gasteiger partial charge in [0.15, 0.2) is 6.61 Å². The highest BCUT2D eigenvalue weighted by Crippen LogP contribution is 2.21. The first kappa shape index (κ1) is 18.1. The number of carbonyl (C=O) groups is 1. The van der Waals surface area contributed by atoms with Gasteiger partial charge in [-0.1, -0.05) is 23.7 Å². The van der Waals surface area contributed by atoms with Crippen LogP contribution in [0.2, 0.25) is 5.02 Å². The van der Waals surface area contributed by atoms with Gasteiger partial charge in [0.25, 0.3) is 5.91 Å². The Kier molecular flexibility index (Phi) is 6.50. The lowest BCUT2D eigenvalue weighted by Gasteiger charge is -2.12. The van der Waals surface area contributed by atoms with Crippen molar-refractivity contribution in [3.8, 4) is 11.5 Å². The third-order valence-electron chi connectivity index (χ3n) is 3.26. The second-order valence-corrected chi connectivity index (χ2v) is 6.20. The zero-order chi connectivity index (χ0) is 17.5. The Morgan fingerprint density at radius 3 is 2.67 bits per heavy atom. The highest BCUT2D eigenvalue weighted by molar-refractivity contribution is 6.31. The fourth-order valence-electron chi connectivity index (χ4n) is 2.11. The first-order valence-corrected chi connectivity index (χ1v) is 8.23. The Labute approximate surface area is 147 Å². The molecule has 0 radical (unpaired) electrons. The van der Waals surface area contributed by atoms with Gasteiger partial charge in [0.05, 0.1) is 6.10 Å². The van der Waals surface area contributed by atoms with Crippen molar-refractivity contribution in [3.63, 3.8) is 0 Å². The SMILES string of the molecule is Cc1cc(OCC(=O)NCc2cccc(OC(C)C)c2)ccc1Cl. The first-order valence-electron chi connectivity index (χ1n) is 7.85. The van der Waals surface area contributed by atoms with Crippen molar-refractivity contribution >= 4 is 17.5 Å². The Bertz CT molecular complexity index is 701. The van der Waals surface area contributed by atoms with E-state index in [4.69, 9.17) is 21.1 Å². The molecule has 4 nitrogen and oxygen atoms in total. The lowest BCUT2D eigenvalue weighted by Crippen LogP contribution is -2.28. The van der Waals surface area contributed by atoms with Crippen LogP contribution in [0.1, 0.15) is 25.0 Å². The van der Waals surface area contributed by atoms with E-state index >= 15 is 0 Å². The molecule has 1 amide bonds. The largest absolute Gasteiger partial charge is 0.491 e. The molecule has 5 heteroatoms. The second kappa shape index (κ2) is 8.60. The van der Waals surface area contributed by atoms with Gasteiger partial charge in [0, 0.05) is 11.6 Å². The minimum atomic E-state index is -0.183. The van der Waals surface area contributed by atoms with E-state index in [0.29, 0.717) is 17.3 Å². The summed E-state index contributed by atoms with van der Waals surface area (Å²) in [6.07, 6.45) is 0.117. The van der Waals surface area contributed by atoms with Gasteiger partial charge >= 0.3 is 0 Å². The number of amides is 1. The molecule has 0 heterocycles. The summed E-state index contributed by atoms with van der Waals surface area (Å²) in [5.74, 6) is 1.24. The summed E-state index contributed by atoms with van der Waals surface area (Å²) in [4.78, 5) is 11.9. The number of halogens is 1. The molecule has 0 aliphatic carbocycles. The van der Waals surface area contributed by atoms with E-state index in [1.807, 2.05) is 51.1 Å². The van der Waals surface area contributed by atoms with E-state index in [1.165, 1.54) is 0 Å². The highest BCUT2D eigenvalue weighted by atomic mass is 35.5. The van der Waals surface area contributed by atoms with Crippen LogP contribution in [0.25, 0.3) is 0 Å². The fourth-order valence-corrected chi connectivity index (χ4v) is 2.23. The van der Waals surface area contributed by atoms with Gasteiger partial charge in [0.2, 0.25) is 0 Å². The number of carbonyl (C=O) groups excluding carboxylic acids is 1. The molecule has 2 aromatic rings. The standard InChI is InChI=1S/C19H22ClNO3/c1-13(2)24-17-6-4-5-15(10-17)11-21-19(22)12-23-16-7-8-18(20)14(3)9-16/h4-10,13H,11-12H2,1-3H3,(H,21,22). The van der Waals surface area contributed by atoms with Gasteiger partial charge in [-0.3, -0.25) is 4.79 Å². The normalized spacial score (nSPS) is 10.5. The van der Waals surface area contributed by atoms with Crippen LogP contribution < -0.4 is 14.8 Å². The summed E-state index contributed by atoms with van der Waals surface area (Å²) in [5.41, 5.74) is 1.89. The lowest BCUT2D eigenvalue weighted by molar-refractivity contribution is -0.123. The molecule has 1 N–H and O–H groups in total. The molecule has 0 atom stereocenters. The van der Waals surface area contributed by atoms with Crippen LogP contribution in [-0.4, -0.2) is 18.6 Å². The maximum Gasteiger partial charge on any atom is 0.258 e. The Hall–Kier alpha value is -2.20. The maximum atomic E-state index is 11.9. The van der Waals surface area contributed by atoms with Crippen LogP contribution in [0.15, 0.2) is 42.5 Å². The Morgan fingerprint density at radius 1 is 1.17 bits per heavy atom. The molecule has 0 unspecified atom stereocenters. The molecule has 0 aromatic heterocycles. The number of benzene rings is 2. The molecule has 2 aromatic carbocycles. The summed E-state index contributed by atoms with van der Waals surface area (Å²) in [5, 5.41) is 3.51. The van der Waals surface area contributed by atoms with E-state index in [1.54, 1.807) is 12.1 Å². The van der Waals surface area contributed by atoms with Gasteiger partial charge < -0.3 is 14.8 Å². The molecule has 0 aliphatic rings. The van der Waals surface area contributed by atoms with Crippen LogP contribution in [0.3, 0.4) is 0 Å². The molecule has 0 fully saturated rings. The Balaban J connectivity index is 1.81. The monoisotopic (exact) mass is 347 g/mol. The maximum absolute atomic E-state index is 11.9. The molecule has 128 valence electrons. The Morgan fingerprint density at radius 2 is 1.96 bits per heavy atom. The van der Waals surface area contributed by atoms with E-state index in [-0.39, 0.29) is 18.6 Å². The molecule has 2 rings (SSSR count). The van der Waals surface area contributed by atoms with Crippen molar-refractivity contribution in [2.75, 3.05) is 6.61 Å². The molecule has 24 heavy (non-hydrogen) atoms. The van der Waals surface area contributed by atoms with Crippen LogP contribution in [0, 0.1) is 6.92 Å². The van der Waals surface area contributed by atoms with Gasteiger partial charge in [-0.05, 0) is 62.2 Å². The number of aryl methyl sites for hydroxylation is 1. The zero-order valence-electron chi connectivity index (χ0n) is 14.1. The van der Waals surface area contributed by atoms with Crippen molar-refractivity contribution in [2.24, 2.45) is 0 Å². The topological polar surface area (TPSA) is 47.6 Å². The van der Waals surface area contributed by atoms with E-state index < -0.39 is 0 Å². The van der Waals surface area contributed by atoms with E-state index in [0.717, 1.165) is 16.9 Å². The lowest BCUT2D eigenvalue weighted by atomic mass is 10.2. The van der Waals surface area contributed by atoms with Gasteiger partial charge in [-0.15, -0.1) is 0 Å². The first-order chi connectivity index (χ1) is 11.4. The average Bonchev–Trinajstić information content (AvgIpc) is 2.54. The zero-order valence-corrected chi connectivity index (χ0v) is 14.9. The quantitative estimate of drug-likeness (QED) is 0.819. The molecular formula is C19H22ClNO3. The van der Waals surface area contributed by atoms with E-state index in [9.17, 15) is 4.79 Å². The van der Waals surface area contributed by atoms with E-state index in [2.05, 4.69) is 5.32 Å². The predicted molar refractivity (Wildman–Crippen MR) is 95.7 cm³/mol. The van der Waals surface area contributed by atoms with Crippen LogP contribution >= 0.6 is 11.6 Å². The summed E-state index contributed by atoms with van der Waals surface area (Å²) >= 11 is 5.96.